The Morgan fingerprint density at radius 3 is 2.93 bits per heavy atom. The molecule has 0 saturated carbocycles. The van der Waals surface area contributed by atoms with Crippen LogP contribution in [0.1, 0.15) is 17.7 Å². The molecular weight excluding hydrogens is 254 g/mol. The number of nitrogens with zero attached hydrogens (tertiary/aromatic N) is 3. The van der Waals surface area contributed by atoms with E-state index < -0.39 is 0 Å². The second-order valence-corrected chi connectivity index (χ2v) is 4.52. The molecule has 0 unspecified atom stereocenters. The van der Waals surface area contributed by atoms with Crippen molar-refractivity contribution in [1.29, 1.82) is 0 Å². The molecule has 0 bridgehead atoms. The van der Waals surface area contributed by atoms with Crippen molar-refractivity contribution >= 4 is 15.9 Å². The van der Waals surface area contributed by atoms with Gasteiger partial charge in [0.25, 0.3) is 0 Å². The highest BCUT2D eigenvalue weighted by Gasteiger charge is 2.13. The summed E-state index contributed by atoms with van der Waals surface area (Å²) in [7, 11) is 0. The predicted octanol–water partition coefficient (Wildman–Crippen LogP) is 2.52. The maximum absolute atomic E-state index is 4.62. The minimum atomic E-state index is 0.838. The summed E-state index contributed by atoms with van der Waals surface area (Å²) in [5.41, 5.74) is 2.63. The van der Waals surface area contributed by atoms with Crippen molar-refractivity contribution in [2.24, 2.45) is 0 Å². The fraction of sp³-hybridized carbons (Fsp3) is 0.273. The number of hydrogen-bond donors (Lipinski definition) is 0. The SMILES string of the molecule is Brc1ccn(-c2ccc3c(n2)CCC3)n1. The third kappa shape index (κ3) is 1.59. The molecule has 1 aliphatic rings. The smallest absolute Gasteiger partial charge is 0.153 e. The van der Waals surface area contributed by atoms with Gasteiger partial charge in [-0.3, -0.25) is 0 Å². The Kier molecular flexibility index (Phi) is 2.09. The normalized spacial score (nSPS) is 14.2. The van der Waals surface area contributed by atoms with Crippen LogP contribution in [0.4, 0.5) is 0 Å². The molecule has 2 aromatic heterocycles. The number of rotatable bonds is 1. The van der Waals surface area contributed by atoms with Gasteiger partial charge in [0.05, 0.1) is 0 Å². The average molecular weight is 264 g/mol. The maximum atomic E-state index is 4.62. The van der Waals surface area contributed by atoms with Gasteiger partial charge in [0, 0.05) is 11.9 Å². The molecule has 0 amide bonds. The first-order valence-corrected chi connectivity index (χ1v) is 5.82. The summed E-state index contributed by atoms with van der Waals surface area (Å²) < 4.78 is 2.63. The number of fused-ring (bicyclic) bond motifs is 1. The van der Waals surface area contributed by atoms with Gasteiger partial charge in [0.1, 0.15) is 4.60 Å². The maximum Gasteiger partial charge on any atom is 0.153 e. The van der Waals surface area contributed by atoms with E-state index in [0.717, 1.165) is 16.8 Å². The molecule has 0 fully saturated rings. The molecule has 76 valence electrons. The summed E-state index contributed by atoms with van der Waals surface area (Å²) in [5, 5.41) is 4.28. The van der Waals surface area contributed by atoms with E-state index in [1.165, 1.54) is 24.1 Å². The van der Waals surface area contributed by atoms with Crippen molar-refractivity contribution in [3.05, 3.63) is 40.3 Å². The highest BCUT2D eigenvalue weighted by atomic mass is 79.9. The van der Waals surface area contributed by atoms with E-state index in [0.29, 0.717) is 0 Å². The molecule has 0 aliphatic heterocycles. The van der Waals surface area contributed by atoms with Gasteiger partial charge >= 0.3 is 0 Å². The predicted molar refractivity (Wildman–Crippen MR) is 61.1 cm³/mol. The summed E-state index contributed by atoms with van der Waals surface area (Å²) in [5.74, 6) is 0.904. The number of aromatic nitrogens is 3. The zero-order chi connectivity index (χ0) is 10.3. The van der Waals surface area contributed by atoms with E-state index >= 15 is 0 Å². The molecule has 3 rings (SSSR count). The van der Waals surface area contributed by atoms with Crippen molar-refractivity contribution in [1.82, 2.24) is 14.8 Å². The standard InChI is InChI=1S/C11H10BrN3/c12-10-6-7-15(14-10)11-5-4-8-2-1-3-9(8)13-11/h4-7H,1-3H2. The molecule has 0 atom stereocenters. The number of pyridine rings is 1. The van der Waals surface area contributed by atoms with Crippen molar-refractivity contribution in [3.8, 4) is 5.82 Å². The van der Waals surface area contributed by atoms with Crippen LogP contribution in [0, 0.1) is 0 Å². The van der Waals surface area contributed by atoms with Gasteiger partial charge < -0.3 is 0 Å². The molecule has 2 heterocycles. The summed E-state index contributed by atoms with van der Waals surface area (Å²) in [6, 6.07) is 6.11. The molecule has 2 aromatic rings. The van der Waals surface area contributed by atoms with Crippen LogP contribution in [-0.4, -0.2) is 14.8 Å². The van der Waals surface area contributed by atoms with Crippen LogP contribution in [0.2, 0.25) is 0 Å². The van der Waals surface area contributed by atoms with Crippen LogP contribution in [0.5, 0.6) is 0 Å². The second kappa shape index (κ2) is 3.45. The summed E-state index contributed by atoms with van der Waals surface area (Å²) >= 11 is 3.33. The summed E-state index contributed by atoms with van der Waals surface area (Å²) in [6.45, 7) is 0. The molecule has 1 aliphatic carbocycles. The minimum absolute atomic E-state index is 0.838. The van der Waals surface area contributed by atoms with Gasteiger partial charge in [-0.25, -0.2) is 9.67 Å². The van der Waals surface area contributed by atoms with Crippen molar-refractivity contribution in [2.45, 2.75) is 19.3 Å². The van der Waals surface area contributed by atoms with Crippen molar-refractivity contribution < 1.29 is 0 Å². The lowest BCUT2D eigenvalue weighted by molar-refractivity contribution is 0.824. The van der Waals surface area contributed by atoms with E-state index in [4.69, 9.17) is 0 Å². The lowest BCUT2D eigenvalue weighted by atomic mass is 10.2. The van der Waals surface area contributed by atoms with E-state index in [-0.39, 0.29) is 0 Å². The first kappa shape index (κ1) is 9.09. The summed E-state index contributed by atoms with van der Waals surface area (Å²) in [6.07, 6.45) is 5.42. The molecule has 0 N–H and O–H groups in total. The van der Waals surface area contributed by atoms with Gasteiger partial charge in [0.15, 0.2) is 5.82 Å². The molecule has 4 heteroatoms. The molecule has 15 heavy (non-hydrogen) atoms. The van der Waals surface area contributed by atoms with Crippen LogP contribution < -0.4 is 0 Å². The lowest BCUT2D eigenvalue weighted by Gasteiger charge is -2.03. The Labute approximate surface area is 96.3 Å². The molecule has 0 spiro atoms. The molecule has 0 saturated heterocycles. The number of aryl methyl sites for hydroxylation is 2. The van der Waals surface area contributed by atoms with Crippen LogP contribution in [-0.2, 0) is 12.8 Å². The van der Waals surface area contributed by atoms with E-state index in [9.17, 15) is 0 Å². The zero-order valence-corrected chi connectivity index (χ0v) is 9.74. The highest BCUT2D eigenvalue weighted by Crippen LogP contribution is 2.21. The summed E-state index contributed by atoms with van der Waals surface area (Å²) in [4.78, 5) is 4.62. The molecule has 0 aromatic carbocycles. The van der Waals surface area contributed by atoms with Gasteiger partial charge in [0.2, 0.25) is 0 Å². The highest BCUT2D eigenvalue weighted by molar-refractivity contribution is 9.10. The van der Waals surface area contributed by atoms with Gasteiger partial charge in [-0.05, 0) is 52.9 Å². The quantitative estimate of drug-likeness (QED) is 0.792. The second-order valence-electron chi connectivity index (χ2n) is 3.71. The molecular formula is C11H10BrN3. The Balaban J connectivity index is 2.06. The Morgan fingerprint density at radius 2 is 2.13 bits per heavy atom. The number of hydrogen-bond acceptors (Lipinski definition) is 2. The van der Waals surface area contributed by atoms with Crippen molar-refractivity contribution in [2.75, 3.05) is 0 Å². The largest absolute Gasteiger partial charge is 0.233 e. The first-order valence-electron chi connectivity index (χ1n) is 5.03. The topological polar surface area (TPSA) is 30.7 Å². The Bertz CT molecular complexity index is 504. The zero-order valence-electron chi connectivity index (χ0n) is 8.15. The van der Waals surface area contributed by atoms with E-state index in [1.54, 1.807) is 4.68 Å². The Hall–Kier alpha value is -1.16. The van der Waals surface area contributed by atoms with E-state index in [1.807, 2.05) is 18.3 Å². The fourth-order valence-electron chi connectivity index (χ4n) is 1.97. The molecule has 3 nitrogen and oxygen atoms in total. The third-order valence-corrected chi connectivity index (χ3v) is 3.13. The average Bonchev–Trinajstić information content (AvgIpc) is 2.84. The minimum Gasteiger partial charge on any atom is -0.233 e. The van der Waals surface area contributed by atoms with Crippen LogP contribution >= 0.6 is 15.9 Å². The Morgan fingerprint density at radius 1 is 1.20 bits per heavy atom. The number of halogens is 1. The fourth-order valence-corrected chi connectivity index (χ4v) is 2.25. The van der Waals surface area contributed by atoms with Gasteiger partial charge in [-0.2, -0.15) is 5.10 Å². The van der Waals surface area contributed by atoms with E-state index in [2.05, 4.69) is 32.1 Å². The lowest BCUT2D eigenvalue weighted by Crippen LogP contribution is -2.00. The van der Waals surface area contributed by atoms with Gasteiger partial charge in [-0.1, -0.05) is 6.07 Å². The third-order valence-electron chi connectivity index (χ3n) is 2.70. The van der Waals surface area contributed by atoms with Gasteiger partial charge in [-0.15, -0.1) is 0 Å². The molecule has 0 radical (unpaired) electrons. The van der Waals surface area contributed by atoms with Crippen molar-refractivity contribution in [3.63, 3.8) is 0 Å². The van der Waals surface area contributed by atoms with Crippen LogP contribution in [0.3, 0.4) is 0 Å². The monoisotopic (exact) mass is 263 g/mol. The van der Waals surface area contributed by atoms with Crippen LogP contribution in [0.25, 0.3) is 5.82 Å². The first-order chi connectivity index (χ1) is 7.33. The van der Waals surface area contributed by atoms with Crippen LogP contribution in [0.15, 0.2) is 29.0 Å².